The molecule has 0 fully saturated rings. The van der Waals surface area contributed by atoms with Gasteiger partial charge in [0.25, 0.3) is 5.56 Å². The van der Waals surface area contributed by atoms with Crippen molar-refractivity contribution >= 4 is 11.6 Å². The number of fused-ring (bicyclic) bond motifs is 2. The normalized spacial score (nSPS) is 15.9. The Hall–Kier alpha value is -3.62. The minimum Gasteiger partial charge on any atom is -0.351 e. The summed E-state index contributed by atoms with van der Waals surface area (Å²) in [6.45, 7) is 4.15. The maximum Gasteiger partial charge on any atom is 0.251 e. The highest BCUT2D eigenvalue weighted by atomic mass is 19.1. The molecule has 158 valence electrons. The highest BCUT2D eigenvalue weighted by molar-refractivity contribution is 5.62. The Morgan fingerprint density at radius 1 is 1.26 bits per heavy atom. The van der Waals surface area contributed by atoms with Gasteiger partial charge >= 0.3 is 0 Å². The summed E-state index contributed by atoms with van der Waals surface area (Å²) in [6, 6.07) is 3.41. The summed E-state index contributed by atoms with van der Waals surface area (Å²) >= 11 is 0. The Labute approximate surface area is 177 Å². The fourth-order valence-corrected chi connectivity index (χ4v) is 4.07. The zero-order valence-corrected chi connectivity index (χ0v) is 17.3. The van der Waals surface area contributed by atoms with Gasteiger partial charge in [0.05, 0.1) is 12.4 Å². The molecule has 0 spiro atoms. The lowest BCUT2D eigenvalue weighted by molar-refractivity contribution is 0.597. The Balaban J connectivity index is 1.57. The third-order valence-electron chi connectivity index (χ3n) is 5.68. The van der Waals surface area contributed by atoms with E-state index in [1.165, 1.54) is 6.07 Å². The van der Waals surface area contributed by atoms with Crippen LogP contribution >= 0.6 is 0 Å². The number of nitrogens with one attached hydrogen (secondary N) is 2. The van der Waals surface area contributed by atoms with E-state index in [2.05, 4.69) is 44.2 Å². The number of hydrogen-bond donors (Lipinski definition) is 2. The van der Waals surface area contributed by atoms with Gasteiger partial charge in [-0.05, 0) is 42.9 Å². The van der Waals surface area contributed by atoms with Gasteiger partial charge < -0.3 is 10.3 Å². The molecule has 0 radical (unpaired) electrons. The third-order valence-corrected chi connectivity index (χ3v) is 5.68. The molecule has 4 aromatic rings. The van der Waals surface area contributed by atoms with Crippen molar-refractivity contribution in [2.45, 2.75) is 45.1 Å². The first kappa shape index (κ1) is 19.3. The Morgan fingerprint density at radius 3 is 2.94 bits per heavy atom. The predicted molar refractivity (Wildman–Crippen MR) is 115 cm³/mol. The SMILES string of the molecule is CC(C)c1cnn2c(N[C@H]3CCc4c(cc[nH]c4=O)C3)nc(-c3cncc(F)c3)nc12. The second-order valence-corrected chi connectivity index (χ2v) is 8.15. The van der Waals surface area contributed by atoms with Crippen LogP contribution in [0.1, 0.15) is 42.9 Å². The molecule has 0 amide bonds. The van der Waals surface area contributed by atoms with Crippen LogP contribution in [-0.4, -0.2) is 35.6 Å². The number of anilines is 1. The van der Waals surface area contributed by atoms with Crippen LogP contribution in [0.5, 0.6) is 0 Å². The number of H-pyrrole nitrogens is 1. The Kier molecular flexibility index (Phi) is 4.72. The number of aromatic amines is 1. The highest BCUT2D eigenvalue weighted by Crippen LogP contribution is 2.26. The molecular weight excluding hydrogens is 397 g/mol. The molecule has 0 aromatic carbocycles. The lowest BCUT2D eigenvalue weighted by Gasteiger charge is -2.25. The first-order valence-corrected chi connectivity index (χ1v) is 10.3. The van der Waals surface area contributed by atoms with Crippen LogP contribution in [0.25, 0.3) is 17.0 Å². The highest BCUT2D eigenvalue weighted by Gasteiger charge is 2.23. The molecule has 0 aliphatic heterocycles. The van der Waals surface area contributed by atoms with E-state index in [0.29, 0.717) is 35.8 Å². The van der Waals surface area contributed by atoms with Crippen molar-refractivity contribution in [1.29, 1.82) is 0 Å². The molecule has 5 rings (SSSR count). The fraction of sp³-hybridized carbons (Fsp3) is 0.318. The molecule has 2 N–H and O–H groups in total. The van der Waals surface area contributed by atoms with Crippen LogP contribution in [-0.2, 0) is 12.8 Å². The van der Waals surface area contributed by atoms with Crippen LogP contribution in [0, 0.1) is 5.82 Å². The molecular formula is C22H22FN7O. The van der Waals surface area contributed by atoms with E-state index >= 15 is 0 Å². The quantitative estimate of drug-likeness (QED) is 0.527. The van der Waals surface area contributed by atoms with E-state index in [4.69, 9.17) is 0 Å². The van der Waals surface area contributed by atoms with Crippen LogP contribution in [0.4, 0.5) is 10.3 Å². The second kappa shape index (κ2) is 7.57. The minimum atomic E-state index is -0.442. The summed E-state index contributed by atoms with van der Waals surface area (Å²) < 4.78 is 15.5. The van der Waals surface area contributed by atoms with Gasteiger partial charge in [0, 0.05) is 35.1 Å². The maximum absolute atomic E-state index is 13.8. The molecule has 0 unspecified atom stereocenters. The van der Waals surface area contributed by atoms with Gasteiger partial charge in [0.15, 0.2) is 11.5 Å². The van der Waals surface area contributed by atoms with E-state index in [1.807, 2.05) is 6.07 Å². The van der Waals surface area contributed by atoms with Gasteiger partial charge in [-0.15, -0.1) is 0 Å². The van der Waals surface area contributed by atoms with E-state index in [-0.39, 0.29) is 17.5 Å². The first-order chi connectivity index (χ1) is 15.0. The van der Waals surface area contributed by atoms with Gasteiger partial charge in [-0.3, -0.25) is 9.78 Å². The summed E-state index contributed by atoms with van der Waals surface area (Å²) in [7, 11) is 0. The van der Waals surface area contributed by atoms with Crippen molar-refractivity contribution in [1.82, 2.24) is 29.5 Å². The molecule has 4 aromatic heterocycles. The van der Waals surface area contributed by atoms with Crippen LogP contribution in [0.15, 0.2) is 41.7 Å². The predicted octanol–water partition coefficient (Wildman–Crippen LogP) is 3.11. The van der Waals surface area contributed by atoms with Crippen molar-refractivity contribution in [3.05, 3.63) is 69.8 Å². The Bertz CT molecular complexity index is 1330. The largest absolute Gasteiger partial charge is 0.351 e. The van der Waals surface area contributed by atoms with Crippen molar-refractivity contribution in [2.24, 2.45) is 0 Å². The van der Waals surface area contributed by atoms with Crippen molar-refractivity contribution in [3.8, 4) is 11.4 Å². The molecule has 8 nitrogen and oxygen atoms in total. The van der Waals surface area contributed by atoms with Gasteiger partial charge in [-0.25, -0.2) is 9.37 Å². The third kappa shape index (κ3) is 3.56. The van der Waals surface area contributed by atoms with Crippen molar-refractivity contribution in [3.63, 3.8) is 0 Å². The zero-order chi connectivity index (χ0) is 21.5. The van der Waals surface area contributed by atoms with Gasteiger partial charge in [0.1, 0.15) is 5.82 Å². The van der Waals surface area contributed by atoms with Crippen molar-refractivity contribution in [2.75, 3.05) is 5.32 Å². The second-order valence-electron chi connectivity index (χ2n) is 8.15. The first-order valence-electron chi connectivity index (χ1n) is 10.3. The zero-order valence-electron chi connectivity index (χ0n) is 17.3. The molecule has 0 saturated carbocycles. The number of halogens is 1. The summed E-state index contributed by atoms with van der Waals surface area (Å²) in [6.07, 6.45) is 8.37. The summed E-state index contributed by atoms with van der Waals surface area (Å²) in [5, 5.41) is 7.98. The summed E-state index contributed by atoms with van der Waals surface area (Å²) in [4.78, 5) is 28.1. The molecule has 0 bridgehead atoms. The molecule has 31 heavy (non-hydrogen) atoms. The smallest absolute Gasteiger partial charge is 0.251 e. The minimum absolute atomic E-state index is 0.0186. The van der Waals surface area contributed by atoms with Crippen LogP contribution in [0.3, 0.4) is 0 Å². The van der Waals surface area contributed by atoms with Gasteiger partial charge in [0.2, 0.25) is 5.95 Å². The molecule has 4 heterocycles. The maximum atomic E-state index is 13.8. The van der Waals surface area contributed by atoms with Crippen LogP contribution < -0.4 is 10.9 Å². The molecule has 1 atom stereocenters. The fourth-order valence-electron chi connectivity index (χ4n) is 4.07. The van der Waals surface area contributed by atoms with Crippen molar-refractivity contribution < 1.29 is 4.39 Å². The standard InChI is InChI=1S/C22H22FN7O/c1-12(2)18-11-26-30-20(18)28-19(14-7-15(23)10-24-9-14)29-22(30)27-16-3-4-17-13(8-16)5-6-25-21(17)31/h5-7,9-12,16H,3-4,8H2,1-2H3,(H,25,31)(H,27,28,29)/t16-/m0/s1. The monoisotopic (exact) mass is 419 g/mol. The van der Waals surface area contributed by atoms with E-state index < -0.39 is 5.82 Å². The summed E-state index contributed by atoms with van der Waals surface area (Å²) in [5.41, 5.74) is 4.03. The molecule has 0 saturated heterocycles. The summed E-state index contributed by atoms with van der Waals surface area (Å²) in [5.74, 6) is 0.695. The average Bonchev–Trinajstić information content (AvgIpc) is 3.18. The number of rotatable bonds is 4. The van der Waals surface area contributed by atoms with E-state index in [0.717, 1.165) is 29.3 Å². The Morgan fingerprint density at radius 2 is 2.13 bits per heavy atom. The lowest BCUT2D eigenvalue weighted by atomic mass is 9.89. The number of hydrogen-bond acceptors (Lipinski definition) is 6. The molecule has 9 heteroatoms. The average molecular weight is 419 g/mol. The van der Waals surface area contributed by atoms with E-state index in [9.17, 15) is 9.18 Å². The van der Waals surface area contributed by atoms with Crippen LogP contribution in [0.2, 0.25) is 0 Å². The number of aromatic nitrogens is 6. The molecule has 1 aliphatic rings. The number of pyridine rings is 2. The topological polar surface area (TPSA) is 101 Å². The van der Waals surface area contributed by atoms with Gasteiger partial charge in [-0.2, -0.15) is 14.6 Å². The lowest BCUT2D eigenvalue weighted by Crippen LogP contribution is -2.32. The van der Waals surface area contributed by atoms with E-state index in [1.54, 1.807) is 23.1 Å². The molecule has 1 aliphatic carbocycles. The van der Waals surface area contributed by atoms with Gasteiger partial charge in [-0.1, -0.05) is 13.8 Å². The number of nitrogens with zero attached hydrogens (tertiary/aromatic N) is 5.